The molecular formula is C19H15FN2O4. The van der Waals surface area contributed by atoms with Crippen molar-refractivity contribution in [3.8, 4) is 0 Å². The van der Waals surface area contributed by atoms with Crippen LogP contribution >= 0.6 is 0 Å². The molecule has 0 fully saturated rings. The Morgan fingerprint density at radius 1 is 1.12 bits per heavy atom. The number of furan rings is 1. The van der Waals surface area contributed by atoms with Gasteiger partial charge in [-0.2, -0.15) is 0 Å². The SMILES string of the molecule is O=C(OC(C(=O)NCc1ccc(F)cc1)c1ccccn1)c1ccco1. The van der Waals surface area contributed by atoms with Crippen LogP contribution < -0.4 is 5.32 Å². The zero-order chi connectivity index (χ0) is 18.4. The summed E-state index contributed by atoms with van der Waals surface area (Å²) in [4.78, 5) is 28.8. The molecule has 0 aliphatic heterocycles. The first-order valence-electron chi connectivity index (χ1n) is 7.81. The minimum absolute atomic E-state index is 0.0164. The largest absolute Gasteiger partial charge is 0.457 e. The summed E-state index contributed by atoms with van der Waals surface area (Å²) in [6.07, 6.45) is 1.59. The molecule has 6 nitrogen and oxygen atoms in total. The van der Waals surface area contributed by atoms with E-state index in [1.165, 1.54) is 30.7 Å². The third kappa shape index (κ3) is 4.32. The summed E-state index contributed by atoms with van der Waals surface area (Å²) in [5, 5.41) is 2.66. The molecule has 1 amide bonds. The van der Waals surface area contributed by atoms with Crippen LogP contribution in [0.3, 0.4) is 0 Å². The molecule has 7 heteroatoms. The zero-order valence-electron chi connectivity index (χ0n) is 13.6. The lowest BCUT2D eigenvalue weighted by molar-refractivity contribution is -0.130. The Labute approximate surface area is 148 Å². The highest BCUT2D eigenvalue weighted by molar-refractivity contribution is 5.90. The number of nitrogens with one attached hydrogen (secondary N) is 1. The smallest absolute Gasteiger partial charge is 0.375 e. The number of amides is 1. The minimum atomic E-state index is -1.24. The summed E-state index contributed by atoms with van der Waals surface area (Å²) in [6, 6.07) is 13.6. The molecule has 0 radical (unpaired) electrons. The van der Waals surface area contributed by atoms with Crippen LogP contribution in [0.4, 0.5) is 4.39 Å². The maximum absolute atomic E-state index is 13.0. The molecular weight excluding hydrogens is 339 g/mol. The van der Waals surface area contributed by atoms with Crippen LogP contribution in [0.15, 0.2) is 71.5 Å². The monoisotopic (exact) mass is 354 g/mol. The number of aromatic nitrogens is 1. The molecule has 3 aromatic rings. The fraction of sp³-hybridized carbons (Fsp3) is 0.105. The van der Waals surface area contributed by atoms with Gasteiger partial charge < -0.3 is 14.5 Å². The van der Waals surface area contributed by atoms with Gasteiger partial charge in [0.25, 0.3) is 5.91 Å². The predicted octanol–water partition coefficient (Wildman–Crippen LogP) is 3.03. The number of nitrogens with zero attached hydrogens (tertiary/aromatic N) is 1. The number of ether oxygens (including phenoxy) is 1. The normalized spacial score (nSPS) is 11.6. The molecule has 0 bridgehead atoms. The molecule has 2 heterocycles. The summed E-state index contributed by atoms with van der Waals surface area (Å²) in [6.45, 7) is 0.154. The van der Waals surface area contributed by atoms with Crippen LogP contribution in [-0.4, -0.2) is 16.9 Å². The number of benzene rings is 1. The van der Waals surface area contributed by atoms with Crippen molar-refractivity contribution in [2.24, 2.45) is 0 Å². The van der Waals surface area contributed by atoms with E-state index in [-0.39, 0.29) is 23.8 Å². The maximum Gasteiger partial charge on any atom is 0.375 e. The summed E-state index contributed by atoms with van der Waals surface area (Å²) < 4.78 is 23.2. The number of pyridine rings is 1. The van der Waals surface area contributed by atoms with Gasteiger partial charge in [-0.3, -0.25) is 9.78 Å². The van der Waals surface area contributed by atoms with Crippen LogP contribution in [0, 0.1) is 5.82 Å². The third-order valence-corrected chi connectivity index (χ3v) is 3.52. The van der Waals surface area contributed by atoms with Crippen molar-refractivity contribution < 1.29 is 23.1 Å². The van der Waals surface area contributed by atoms with Crippen LogP contribution in [0.2, 0.25) is 0 Å². The summed E-state index contributed by atoms with van der Waals surface area (Å²) in [5.41, 5.74) is 0.987. The lowest BCUT2D eigenvalue weighted by atomic mass is 10.2. The molecule has 0 spiro atoms. The Bertz CT molecular complexity index is 864. The Morgan fingerprint density at radius 2 is 1.92 bits per heavy atom. The third-order valence-electron chi connectivity index (χ3n) is 3.52. The average molecular weight is 354 g/mol. The summed E-state index contributed by atoms with van der Waals surface area (Å²) >= 11 is 0. The molecule has 132 valence electrons. The van der Waals surface area contributed by atoms with Gasteiger partial charge in [-0.05, 0) is 42.0 Å². The molecule has 3 rings (SSSR count). The first-order chi connectivity index (χ1) is 12.6. The molecule has 26 heavy (non-hydrogen) atoms. The standard InChI is InChI=1S/C19H15FN2O4/c20-14-8-6-13(7-9-14)12-22-18(23)17(15-4-1-2-10-21-15)26-19(24)16-5-3-11-25-16/h1-11,17H,12H2,(H,22,23). The second-order valence-electron chi connectivity index (χ2n) is 5.36. The zero-order valence-corrected chi connectivity index (χ0v) is 13.6. The van der Waals surface area contributed by atoms with Crippen molar-refractivity contribution in [3.05, 3.63) is 89.9 Å². The van der Waals surface area contributed by atoms with Crippen molar-refractivity contribution in [2.45, 2.75) is 12.6 Å². The van der Waals surface area contributed by atoms with E-state index in [1.807, 2.05) is 0 Å². The van der Waals surface area contributed by atoms with E-state index in [0.717, 1.165) is 0 Å². The molecule has 0 saturated carbocycles. The number of hydrogen-bond donors (Lipinski definition) is 1. The van der Waals surface area contributed by atoms with Crippen molar-refractivity contribution in [3.63, 3.8) is 0 Å². The quantitative estimate of drug-likeness (QED) is 0.688. The van der Waals surface area contributed by atoms with Crippen LogP contribution in [0.1, 0.15) is 27.9 Å². The van der Waals surface area contributed by atoms with Crippen LogP contribution in [0.5, 0.6) is 0 Å². The predicted molar refractivity (Wildman–Crippen MR) is 89.3 cm³/mol. The number of carbonyl (C=O) groups excluding carboxylic acids is 2. The molecule has 0 saturated heterocycles. The molecule has 2 aromatic heterocycles. The molecule has 1 aromatic carbocycles. The van der Waals surface area contributed by atoms with Gasteiger partial charge in [-0.1, -0.05) is 18.2 Å². The lowest BCUT2D eigenvalue weighted by Crippen LogP contribution is -2.32. The second kappa shape index (κ2) is 8.06. The van der Waals surface area contributed by atoms with E-state index in [0.29, 0.717) is 5.56 Å². The first-order valence-corrected chi connectivity index (χ1v) is 7.81. The lowest BCUT2D eigenvalue weighted by Gasteiger charge is -2.16. The van der Waals surface area contributed by atoms with E-state index in [2.05, 4.69) is 10.3 Å². The Morgan fingerprint density at radius 3 is 2.58 bits per heavy atom. The van der Waals surface area contributed by atoms with Gasteiger partial charge in [-0.15, -0.1) is 0 Å². The fourth-order valence-corrected chi connectivity index (χ4v) is 2.22. The Kier molecular flexibility index (Phi) is 5.38. The molecule has 0 aliphatic carbocycles. The summed E-state index contributed by atoms with van der Waals surface area (Å²) in [7, 11) is 0. The van der Waals surface area contributed by atoms with Crippen molar-refractivity contribution in [1.29, 1.82) is 0 Å². The van der Waals surface area contributed by atoms with Crippen molar-refractivity contribution in [1.82, 2.24) is 10.3 Å². The van der Waals surface area contributed by atoms with Crippen LogP contribution in [0.25, 0.3) is 0 Å². The van der Waals surface area contributed by atoms with Gasteiger partial charge in [0.15, 0.2) is 0 Å². The average Bonchev–Trinajstić information content (AvgIpc) is 3.21. The van der Waals surface area contributed by atoms with E-state index >= 15 is 0 Å². The highest BCUT2D eigenvalue weighted by Crippen LogP contribution is 2.18. The number of esters is 1. The van der Waals surface area contributed by atoms with Crippen LogP contribution in [-0.2, 0) is 16.1 Å². The minimum Gasteiger partial charge on any atom is -0.457 e. The molecule has 1 unspecified atom stereocenters. The molecule has 0 aliphatic rings. The number of rotatable bonds is 6. The van der Waals surface area contributed by atoms with Gasteiger partial charge in [0.2, 0.25) is 11.9 Å². The van der Waals surface area contributed by atoms with Gasteiger partial charge in [-0.25, -0.2) is 9.18 Å². The van der Waals surface area contributed by atoms with E-state index < -0.39 is 18.0 Å². The second-order valence-corrected chi connectivity index (χ2v) is 5.36. The number of halogens is 1. The fourth-order valence-electron chi connectivity index (χ4n) is 2.22. The Balaban J connectivity index is 1.73. The van der Waals surface area contributed by atoms with Crippen molar-refractivity contribution >= 4 is 11.9 Å². The van der Waals surface area contributed by atoms with E-state index in [1.54, 1.807) is 36.4 Å². The summed E-state index contributed by atoms with van der Waals surface area (Å²) in [5.74, 6) is -1.70. The highest BCUT2D eigenvalue weighted by Gasteiger charge is 2.27. The van der Waals surface area contributed by atoms with Crippen molar-refractivity contribution in [2.75, 3.05) is 0 Å². The molecule has 1 atom stereocenters. The van der Waals surface area contributed by atoms with Gasteiger partial charge in [0, 0.05) is 12.7 Å². The topological polar surface area (TPSA) is 81.4 Å². The molecule has 1 N–H and O–H groups in total. The van der Waals surface area contributed by atoms with Gasteiger partial charge in [0.05, 0.1) is 12.0 Å². The van der Waals surface area contributed by atoms with E-state index in [4.69, 9.17) is 9.15 Å². The highest BCUT2D eigenvalue weighted by atomic mass is 19.1. The first kappa shape index (κ1) is 17.3. The Hall–Kier alpha value is -3.48. The van der Waals surface area contributed by atoms with Gasteiger partial charge >= 0.3 is 5.97 Å². The van der Waals surface area contributed by atoms with E-state index in [9.17, 15) is 14.0 Å². The number of carbonyl (C=O) groups is 2. The van der Waals surface area contributed by atoms with Gasteiger partial charge in [0.1, 0.15) is 5.82 Å². The number of hydrogen-bond acceptors (Lipinski definition) is 5. The maximum atomic E-state index is 13.0.